The zero-order valence-electron chi connectivity index (χ0n) is 13.8. The standard InChI is InChI=1S/C17H19BrN4O2S/c1-10-19-17-22(20-10)16(24)15(25-17)14(11-2-4-12(18)5-3-11)21-8-6-13(23)7-9-21/h2-5,13-15,23H,6-9H2,1H3. The molecular weight excluding hydrogens is 404 g/mol. The van der Waals surface area contributed by atoms with Gasteiger partial charge in [0.2, 0.25) is 0 Å². The summed E-state index contributed by atoms with van der Waals surface area (Å²) in [5, 5.41) is 14.5. The Morgan fingerprint density at radius 3 is 2.60 bits per heavy atom. The van der Waals surface area contributed by atoms with Gasteiger partial charge in [0, 0.05) is 17.6 Å². The third-order valence-corrected chi connectivity index (χ3v) is 6.48. The number of aliphatic hydroxyl groups excluding tert-OH is 1. The molecule has 8 heteroatoms. The maximum absolute atomic E-state index is 13.0. The third-order valence-electron chi connectivity index (χ3n) is 4.76. The number of benzene rings is 1. The van der Waals surface area contributed by atoms with E-state index in [4.69, 9.17) is 0 Å². The summed E-state index contributed by atoms with van der Waals surface area (Å²) in [5.74, 6) is 0.607. The van der Waals surface area contributed by atoms with Crippen molar-refractivity contribution in [2.75, 3.05) is 13.1 Å². The second-order valence-electron chi connectivity index (χ2n) is 6.49. The number of aliphatic hydroxyl groups is 1. The first-order chi connectivity index (χ1) is 12.0. The van der Waals surface area contributed by atoms with Crippen molar-refractivity contribution in [1.29, 1.82) is 0 Å². The largest absolute Gasteiger partial charge is 0.393 e. The molecule has 2 unspecified atom stereocenters. The van der Waals surface area contributed by atoms with Crippen molar-refractivity contribution in [1.82, 2.24) is 19.7 Å². The lowest BCUT2D eigenvalue weighted by atomic mass is 9.97. The van der Waals surface area contributed by atoms with E-state index in [1.807, 2.05) is 12.1 Å². The number of hydrogen-bond donors (Lipinski definition) is 1. The van der Waals surface area contributed by atoms with Crippen LogP contribution in [0, 0.1) is 6.92 Å². The van der Waals surface area contributed by atoms with Crippen LogP contribution in [0.2, 0.25) is 0 Å². The Balaban J connectivity index is 1.67. The second-order valence-corrected chi connectivity index (χ2v) is 8.52. The van der Waals surface area contributed by atoms with Crippen LogP contribution in [0.5, 0.6) is 0 Å². The number of rotatable bonds is 3. The number of piperidine rings is 1. The summed E-state index contributed by atoms with van der Waals surface area (Å²) < 4.78 is 2.45. The predicted molar refractivity (Wildman–Crippen MR) is 98.7 cm³/mol. The van der Waals surface area contributed by atoms with Crippen LogP contribution >= 0.6 is 27.7 Å². The molecule has 4 rings (SSSR count). The molecule has 6 nitrogen and oxygen atoms in total. The lowest BCUT2D eigenvalue weighted by molar-refractivity contribution is 0.0551. The molecule has 0 amide bonds. The number of carbonyl (C=O) groups excluding carboxylic acids is 1. The lowest BCUT2D eigenvalue weighted by Gasteiger charge is -2.38. The van der Waals surface area contributed by atoms with E-state index in [1.54, 1.807) is 6.92 Å². The van der Waals surface area contributed by atoms with E-state index in [-0.39, 0.29) is 23.3 Å². The predicted octanol–water partition coefficient (Wildman–Crippen LogP) is 2.66. The van der Waals surface area contributed by atoms with Gasteiger partial charge >= 0.3 is 0 Å². The van der Waals surface area contributed by atoms with E-state index in [0.717, 1.165) is 36.0 Å². The number of aryl methyl sites for hydroxylation is 1. The molecule has 3 heterocycles. The van der Waals surface area contributed by atoms with Gasteiger partial charge in [0.05, 0.1) is 12.1 Å². The molecule has 0 bridgehead atoms. The Bertz CT molecular complexity index is 786. The monoisotopic (exact) mass is 422 g/mol. The zero-order valence-corrected chi connectivity index (χ0v) is 16.2. The number of halogens is 1. The number of likely N-dealkylation sites (tertiary alicyclic amines) is 1. The van der Waals surface area contributed by atoms with Crippen molar-refractivity contribution in [3.05, 3.63) is 40.1 Å². The normalized spacial score (nSPS) is 23.0. The van der Waals surface area contributed by atoms with Crippen molar-refractivity contribution in [3.8, 4) is 0 Å². The summed E-state index contributed by atoms with van der Waals surface area (Å²) in [6.45, 7) is 3.36. The third kappa shape index (κ3) is 3.28. The molecule has 1 saturated heterocycles. The first-order valence-corrected chi connectivity index (χ1v) is 10.0. The molecule has 2 atom stereocenters. The Hall–Kier alpha value is -1.22. The topological polar surface area (TPSA) is 71.2 Å². The van der Waals surface area contributed by atoms with Crippen LogP contribution in [-0.4, -0.2) is 55.1 Å². The Morgan fingerprint density at radius 1 is 1.28 bits per heavy atom. The van der Waals surface area contributed by atoms with E-state index in [9.17, 15) is 9.90 Å². The van der Waals surface area contributed by atoms with Crippen molar-refractivity contribution in [2.45, 2.75) is 42.3 Å². The summed E-state index contributed by atoms with van der Waals surface area (Å²) >= 11 is 4.97. The Labute approximate surface area is 158 Å². The SMILES string of the molecule is Cc1nc2n(n1)C(=O)C(C(c1ccc(Br)cc1)N1CCC(O)CC1)S2. The quantitative estimate of drug-likeness (QED) is 0.819. The summed E-state index contributed by atoms with van der Waals surface area (Å²) in [7, 11) is 0. The molecular formula is C17H19BrN4O2S. The molecule has 25 heavy (non-hydrogen) atoms. The maximum atomic E-state index is 13.0. The number of aromatic nitrogens is 3. The summed E-state index contributed by atoms with van der Waals surface area (Å²) in [5.41, 5.74) is 1.10. The van der Waals surface area contributed by atoms with Gasteiger partial charge in [0.25, 0.3) is 5.91 Å². The summed E-state index contributed by atoms with van der Waals surface area (Å²) in [6, 6.07) is 8.08. The Morgan fingerprint density at radius 2 is 1.96 bits per heavy atom. The highest BCUT2D eigenvalue weighted by molar-refractivity contribution is 9.10. The molecule has 1 N–H and O–H groups in total. The van der Waals surface area contributed by atoms with Crippen LogP contribution in [0.4, 0.5) is 0 Å². The molecule has 132 valence electrons. The minimum absolute atomic E-state index is 0.0142. The van der Waals surface area contributed by atoms with Crippen molar-refractivity contribution >= 4 is 33.6 Å². The zero-order chi connectivity index (χ0) is 17.6. The maximum Gasteiger partial charge on any atom is 0.264 e. The summed E-state index contributed by atoms with van der Waals surface area (Å²) in [6.07, 6.45) is 1.23. The molecule has 1 aromatic heterocycles. The number of nitrogens with zero attached hydrogens (tertiary/aromatic N) is 4. The van der Waals surface area contributed by atoms with Crippen LogP contribution in [0.3, 0.4) is 0 Å². The van der Waals surface area contributed by atoms with Gasteiger partial charge in [0.1, 0.15) is 11.1 Å². The minimum atomic E-state index is -0.271. The van der Waals surface area contributed by atoms with Gasteiger partial charge in [-0.15, -0.1) is 5.10 Å². The fourth-order valence-corrected chi connectivity index (χ4v) is 5.07. The van der Waals surface area contributed by atoms with E-state index in [0.29, 0.717) is 11.0 Å². The number of hydrogen-bond acceptors (Lipinski definition) is 6. The first-order valence-electron chi connectivity index (χ1n) is 8.35. The lowest BCUT2D eigenvalue weighted by Crippen LogP contribution is -2.44. The molecule has 1 aromatic carbocycles. The van der Waals surface area contributed by atoms with Crippen LogP contribution < -0.4 is 0 Å². The number of fused-ring (bicyclic) bond motifs is 1. The van der Waals surface area contributed by atoms with Gasteiger partial charge in [-0.3, -0.25) is 9.69 Å². The highest BCUT2D eigenvalue weighted by Crippen LogP contribution is 2.41. The van der Waals surface area contributed by atoms with Gasteiger partial charge in [-0.25, -0.2) is 4.98 Å². The highest BCUT2D eigenvalue weighted by atomic mass is 79.9. The minimum Gasteiger partial charge on any atom is -0.393 e. The molecule has 0 aliphatic carbocycles. The van der Waals surface area contributed by atoms with Crippen molar-refractivity contribution in [2.24, 2.45) is 0 Å². The van der Waals surface area contributed by atoms with Crippen LogP contribution in [-0.2, 0) is 0 Å². The smallest absolute Gasteiger partial charge is 0.264 e. The van der Waals surface area contributed by atoms with E-state index < -0.39 is 0 Å². The Kier molecular flexibility index (Phi) is 4.70. The van der Waals surface area contributed by atoms with Crippen LogP contribution in [0.15, 0.2) is 33.9 Å². The van der Waals surface area contributed by atoms with Gasteiger partial charge in [-0.1, -0.05) is 39.8 Å². The molecule has 1 fully saturated rings. The van der Waals surface area contributed by atoms with Crippen molar-refractivity contribution < 1.29 is 9.90 Å². The van der Waals surface area contributed by atoms with Gasteiger partial charge in [-0.2, -0.15) is 4.68 Å². The molecule has 0 saturated carbocycles. The highest BCUT2D eigenvalue weighted by Gasteiger charge is 2.43. The first kappa shape index (κ1) is 17.2. The van der Waals surface area contributed by atoms with Crippen molar-refractivity contribution in [3.63, 3.8) is 0 Å². The van der Waals surface area contributed by atoms with Gasteiger partial charge in [0.15, 0.2) is 5.16 Å². The molecule has 2 aliphatic heterocycles. The molecule has 2 aliphatic rings. The van der Waals surface area contributed by atoms with Gasteiger partial charge < -0.3 is 5.11 Å². The van der Waals surface area contributed by atoms with E-state index >= 15 is 0 Å². The number of thioether (sulfide) groups is 1. The van der Waals surface area contributed by atoms with Crippen LogP contribution in [0.25, 0.3) is 0 Å². The van der Waals surface area contributed by atoms with E-state index in [1.165, 1.54) is 16.4 Å². The average molecular weight is 423 g/mol. The van der Waals surface area contributed by atoms with Crippen LogP contribution in [0.1, 0.15) is 35.1 Å². The van der Waals surface area contributed by atoms with E-state index in [2.05, 4.69) is 43.0 Å². The molecule has 0 spiro atoms. The average Bonchev–Trinajstić information content (AvgIpc) is 3.09. The summed E-state index contributed by atoms with van der Waals surface area (Å²) in [4.78, 5) is 19.6. The molecule has 0 radical (unpaired) electrons. The fraction of sp³-hybridized carbons (Fsp3) is 0.471. The van der Waals surface area contributed by atoms with Gasteiger partial charge in [-0.05, 0) is 37.5 Å². The second kappa shape index (κ2) is 6.83. The number of carbonyl (C=O) groups is 1. The fourth-order valence-electron chi connectivity index (χ4n) is 3.50. The molecule has 2 aromatic rings.